The summed E-state index contributed by atoms with van der Waals surface area (Å²) in [6.07, 6.45) is -2.81. The maximum atomic E-state index is 14.4. The summed E-state index contributed by atoms with van der Waals surface area (Å²) in [6.45, 7) is 3.74. The molecule has 2 fully saturated rings. The van der Waals surface area contributed by atoms with Crippen LogP contribution in [0.5, 0.6) is 5.75 Å². The van der Waals surface area contributed by atoms with Gasteiger partial charge in [-0.3, -0.25) is 14.4 Å². The Morgan fingerprint density at radius 1 is 1.11 bits per heavy atom. The van der Waals surface area contributed by atoms with Crippen LogP contribution in [-0.2, 0) is 37.9 Å². The minimum atomic E-state index is -4.65. The van der Waals surface area contributed by atoms with Crippen LogP contribution in [0.2, 0.25) is 5.02 Å². The number of piperazine rings is 1. The molecule has 3 aliphatic heterocycles. The van der Waals surface area contributed by atoms with Crippen LogP contribution in [0.1, 0.15) is 58.9 Å². The van der Waals surface area contributed by atoms with Crippen molar-refractivity contribution in [2.45, 2.75) is 51.1 Å². The normalized spacial score (nSPS) is 19.1. The topological polar surface area (TPSA) is 197 Å². The lowest BCUT2D eigenvalue weighted by Gasteiger charge is -2.39. The molecule has 2 saturated heterocycles. The maximum Gasteiger partial charge on any atom is 0.416 e. The summed E-state index contributed by atoms with van der Waals surface area (Å²) in [5.74, 6) is -1.47. The third kappa shape index (κ3) is 6.62. The molecule has 288 valence electrons. The first-order valence-electron chi connectivity index (χ1n) is 16.8. The van der Waals surface area contributed by atoms with Gasteiger partial charge in [-0.15, -0.1) is 5.10 Å². The highest BCUT2D eigenvalue weighted by Gasteiger charge is 2.51. The predicted molar refractivity (Wildman–Crippen MR) is 186 cm³/mol. The van der Waals surface area contributed by atoms with Gasteiger partial charge in [0, 0.05) is 39.3 Å². The first-order valence-corrected chi connectivity index (χ1v) is 19.0. The van der Waals surface area contributed by atoms with E-state index in [9.17, 15) is 41.1 Å². The average Bonchev–Trinajstić information content (AvgIpc) is 3.68. The second-order valence-corrected chi connectivity index (χ2v) is 15.8. The lowest BCUT2D eigenvalue weighted by Crippen LogP contribution is -2.48. The minimum Gasteiger partial charge on any atom is -0.504 e. The number of carbonyl (C=O) groups is 2. The molecule has 1 atom stereocenters. The Bertz CT molecular complexity index is 2350. The molecular formula is C32H34ClF3N10O7S. The van der Waals surface area contributed by atoms with Crippen LogP contribution in [0.3, 0.4) is 0 Å². The molecule has 4 aromatic rings. The lowest BCUT2D eigenvalue weighted by atomic mass is 9.85. The Hall–Kier alpha value is -4.86. The van der Waals surface area contributed by atoms with E-state index in [1.54, 1.807) is 18.7 Å². The van der Waals surface area contributed by atoms with Crippen LogP contribution in [0, 0.1) is 6.92 Å². The Morgan fingerprint density at radius 3 is 2.43 bits per heavy atom. The van der Waals surface area contributed by atoms with E-state index in [-0.39, 0.29) is 97.2 Å². The predicted octanol–water partition coefficient (Wildman–Crippen LogP) is 2.31. The highest BCUT2D eigenvalue weighted by molar-refractivity contribution is 7.88. The fourth-order valence-corrected chi connectivity index (χ4v) is 8.27. The molecule has 1 spiro atoms. The Balaban J connectivity index is 1.25. The lowest BCUT2D eigenvalue weighted by molar-refractivity contribution is -0.137. The van der Waals surface area contributed by atoms with Gasteiger partial charge in [-0.2, -0.15) is 27.0 Å². The first-order chi connectivity index (χ1) is 25.4. The molecule has 22 heteroatoms. The number of benzene rings is 1. The molecule has 1 aromatic carbocycles. The van der Waals surface area contributed by atoms with Crippen molar-refractivity contribution in [1.29, 1.82) is 0 Å². The molecule has 0 unspecified atom stereocenters. The van der Waals surface area contributed by atoms with E-state index >= 15 is 0 Å². The molecule has 0 bridgehead atoms. The van der Waals surface area contributed by atoms with Gasteiger partial charge in [0.2, 0.25) is 27.7 Å². The Morgan fingerprint density at radius 2 is 1.80 bits per heavy atom. The van der Waals surface area contributed by atoms with E-state index in [4.69, 9.17) is 16.3 Å². The zero-order valence-electron chi connectivity index (χ0n) is 29.1. The molecule has 17 nitrogen and oxygen atoms in total. The standard InChI is InChI=1S/C32H34ClF3N10O7S/c1-17-26(48)24(38-16-37-17)28(50)42-8-6-31(7-9-42)23-25(18(2)53-31)45(15-22(47)39-21-5-4-19(14-20(21)33)32(34,35)36)30-40-29(41-46(30)27(23)49)43-10-12-44(13-11-43)54(3,51)52/h4-5,14,16,18,48H,6-13,15H2,1-3H3,(H,39,47)/t18-/m1/s1. The number of hydrogen-bond acceptors (Lipinski definition) is 12. The summed E-state index contributed by atoms with van der Waals surface area (Å²) in [5, 5.41) is 17.1. The maximum absolute atomic E-state index is 14.4. The van der Waals surface area contributed by atoms with Crippen molar-refractivity contribution >= 4 is 50.9 Å². The average molecular weight is 795 g/mol. The zero-order chi connectivity index (χ0) is 38.9. The Labute approximate surface area is 310 Å². The zero-order valence-corrected chi connectivity index (χ0v) is 30.7. The molecule has 0 aliphatic carbocycles. The van der Waals surface area contributed by atoms with Crippen LogP contribution in [0.4, 0.5) is 24.8 Å². The molecule has 7 rings (SSSR count). The number of aryl methyl sites for hydroxylation is 1. The number of halogens is 4. The molecule has 2 N–H and O–H groups in total. The number of anilines is 2. The van der Waals surface area contributed by atoms with E-state index in [0.29, 0.717) is 11.8 Å². The van der Waals surface area contributed by atoms with Gasteiger partial charge in [-0.1, -0.05) is 11.6 Å². The van der Waals surface area contributed by atoms with Crippen LogP contribution in [-0.4, -0.2) is 109 Å². The van der Waals surface area contributed by atoms with Crippen molar-refractivity contribution in [2.24, 2.45) is 0 Å². The number of ether oxygens (including phenoxy) is 1. The number of aromatic hydroxyl groups is 1. The number of amides is 2. The SMILES string of the molecule is Cc1ncnc(C(=O)N2CCC3(CC2)O[C@H](C)c2c3c(=O)n3nc(N4CCN(S(C)(=O)=O)CC4)nc3n2CC(=O)Nc2ccc(C(F)(F)F)cc2Cl)c1O. The molecule has 6 heterocycles. The second kappa shape index (κ2) is 13.5. The van der Waals surface area contributed by atoms with Crippen molar-refractivity contribution in [2.75, 3.05) is 55.7 Å². The van der Waals surface area contributed by atoms with Gasteiger partial charge >= 0.3 is 6.18 Å². The van der Waals surface area contributed by atoms with E-state index in [1.807, 2.05) is 0 Å². The molecule has 0 radical (unpaired) electrons. The smallest absolute Gasteiger partial charge is 0.416 e. The minimum absolute atomic E-state index is 0.0253. The van der Waals surface area contributed by atoms with Gasteiger partial charge in [0.25, 0.3) is 11.5 Å². The van der Waals surface area contributed by atoms with Crippen LogP contribution in [0.25, 0.3) is 5.78 Å². The molecule has 54 heavy (non-hydrogen) atoms. The number of likely N-dealkylation sites (tertiary alicyclic amines) is 1. The van der Waals surface area contributed by atoms with Crippen LogP contribution in [0.15, 0.2) is 29.3 Å². The summed E-state index contributed by atoms with van der Waals surface area (Å²) < 4.78 is 74.3. The number of carbonyl (C=O) groups excluding carboxylic acids is 2. The number of nitrogens with zero attached hydrogens (tertiary/aromatic N) is 9. The molecule has 3 aromatic heterocycles. The van der Waals surface area contributed by atoms with Crippen molar-refractivity contribution in [3.05, 3.63) is 68.1 Å². The fourth-order valence-electron chi connectivity index (χ4n) is 7.21. The highest BCUT2D eigenvalue weighted by atomic mass is 35.5. The van der Waals surface area contributed by atoms with Gasteiger partial charge in [-0.05, 0) is 44.9 Å². The van der Waals surface area contributed by atoms with Gasteiger partial charge in [0.1, 0.15) is 18.5 Å². The summed E-state index contributed by atoms with van der Waals surface area (Å²) >= 11 is 6.13. The third-order valence-corrected chi connectivity index (χ3v) is 11.6. The third-order valence-electron chi connectivity index (χ3n) is 9.95. The van der Waals surface area contributed by atoms with E-state index in [0.717, 1.165) is 22.9 Å². The highest BCUT2D eigenvalue weighted by Crippen LogP contribution is 2.48. The molecule has 0 saturated carbocycles. The number of aromatic nitrogens is 6. The van der Waals surface area contributed by atoms with Crippen LogP contribution < -0.4 is 15.8 Å². The van der Waals surface area contributed by atoms with Crippen molar-refractivity contribution in [3.63, 3.8) is 0 Å². The fraction of sp³-hybridized carbons (Fsp3) is 0.469. The van der Waals surface area contributed by atoms with Gasteiger partial charge < -0.3 is 29.5 Å². The Kier molecular flexibility index (Phi) is 9.34. The number of rotatable bonds is 6. The van der Waals surface area contributed by atoms with Crippen molar-refractivity contribution in [3.8, 4) is 5.75 Å². The number of alkyl halides is 3. The summed E-state index contributed by atoms with van der Waals surface area (Å²) in [4.78, 5) is 57.1. The monoisotopic (exact) mass is 794 g/mol. The summed E-state index contributed by atoms with van der Waals surface area (Å²) in [5.41, 5.74) is -2.24. The molecule has 3 aliphatic rings. The summed E-state index contributed by atoms with van der Waals surface area (Å²) in [7, 11) is -3.44. The quantitative estimate of drug-likeness (QED) is 0.290. The van der Waals surface area contributed by atoms with Gasteiger partial charge in [0.15, 0.2) is 11.4 Å². The number of hydrogen-bond donors (Lipinski definition) is 2. The second-order valence-electron chi connectivity index (χ2n) is 13.4. The van der Waals surface area contributed by atoms with Crippen molar-refractivity contribution in [1.82, 2.24) is 38.3 Å². The number of sulfonamides is 1. The summed E-state index contributed by atoms with van der Waals surface area (Å²) in [6, 6.07) is 2.53. The van der Waals surface area contributed by atoms with Gasteiger partial charge in [-0.25, -0.2) is 18.4 Å². The largest absolute Gasteiger partial charge is 0.504 e. The van der Waals surface area contributed by atoms with E-state index in [2.05, 4.69) is 25.4 Å². The van der Waals surface area contributed by atoms with Crippen molar-refractivity contribution < 1.29 is 41.0 Å². The van der Waals surface area contributed by atoms with E-state index in [1.165, 1.54) is 20.1 Å². The number of nitrogens with one attached hydrogen (secondary N) is 1. The molecule has 2 amide bonds. The van der Waals surface area contributed by atoms with Crippen LogP contribution >= 0.6 is 11.6 Å². The van der Waals surface area contributed by atoms with E-state index < -0.39 is 57.4 Å². The van der Waals surface area contributed by atoms with Gasteiger partial charge in [0.05, 0.1) is 45.6 Å². The first kappa shape index (κ1) is 37.5. The number of fused-ring (bicyclic) bond motifs is 3. The number of piperidine rings is 1. The molecular weight excluding hydrogens is 761 g/mol.